The fourth-order valence-electron chi connectivity index (χ4n) is 1.72. The molecule has 0 radical (unpaired) electrons. The van der Waals surface area contributed by atoms with Gasteiger partial charge in [-0.15, -0.1) is 0 Å². The van der Waals surface area contributed by atoms with Crippen molar-refractivity contribution >= 4 is 21.7 Å². The number of alkyl halides is 1. The highest BCUT2D eigenvalue weighted by Crippen LogP contribution is 2.20. The van der Waals surface area contributed by atoms with E-state index >= 15 is 0 Å². The van der Waals surface area contributed by atoms with Crippen LogP contribution in [0.15, 0.2) is 17.2 Å². The van der Waals surface area contributed by atoms with Crippen molar-refractivity contribution in [1.82, 2.24) is 9.97 Å². The molecule has 1 N–H and O–H groups in total. The highest BCUT2D eigenvalue weighted by Gasteiger charge is 2.23. The molecule has 4 nitrogen and oxygen atoms in total. The molecule has 2 heterocycles. The number of anilines is 1. The molecule has 14 heavy (non-hydrogen) atoms. The molecule has 0 saturated carbocycles. The Hall–Kier alpha value is -0.840. The zero-order chi connectivity index (χ0) is 9.97. The quantitative estimate of drug-likeness (QED) is 0.805. The summed E-state index contributed by atoms with van der Waals surface area (Å²) >= 11 is 3.46. The Morgan fingerprint density at radius 1 is 1.71 bits per heavy atom. The third kappa shape index (κ3) is 1.82. The molecule has 0 spiro atoms. The van der Waals surface area contributed by atoms with Crippen LogP contribution in [0.5, 0.6) is 0 Å². The molecule has 1 saturated heterocycles. The predicted molar refractivity (Wildman–Crippen MR) is 59.0 cm³/mol. The Labute approximate surface area is 90.5 Å². The van der Waals surface area contributed by atoms with E-state index in [0.717, 1.165) is 24.8 Å². The van der Waals surface area contributed by atoms with Crippen molar-refractivity contribution in [1.29, 1.82) is 0 Å². The van der Waals surface area contributed by atoms with Gasteiger partial charge in [-0.1, -0.05) is 15.9 Å². The summed E-state index contributed by atoms with van der Waals surface area (Å²) in [6.07, 6.45) is 4.31. The predicted octanol–water partition coefficient (Wildman–Crippen LogP) is 0.991. The molecule has 0 amide bonds. The molecular weight excluding hydrogens is 246 g/mol. The maximum Gasteiger partial charge on any atom is 0.290 e. The molecule has 1 aliphatic rings. The Kier molecular flexibility index (Phi) is 2.86. The number of nitrogens with one attached hydrogen (secondary N) is 1. The topological polar surface area (TPSA) is 49.0 Å². The third-order valence-corrected chi connectivity index (χ3v) is 3.41. The molecule has 5 heteroatoms. The minimum Gasteiger partial charge on any atom is -0.352 e. The number of aromatic amines is 1. The van der Waals surface area contributed by atoms with Crippen LogP contribution in [0.4, 0.5) is 5.82 Å². The number of aromatic nitrogens is 2. The van der Waals surface area contributed by atoms with Crippen LogP contribution in [-0.4, -0.2) is 28.4 Å². The summed E-state index contributed by atoms with van der Waals surface area (Å²) in [5.41, 5.74) is -0.0947. The van der Waals surface area contributed by atoms with Crippen molar-refractivity contribution in [2.75, 3.05) is 23.3 Å². The summed E-state index contributed by atoms with van der Waals surface area (Å²) in [6, 6.07) is 0. The number of halogens is 1. The number of nitrogens with zero attached hydrogens (tertiary/aromatic N) is 2. The smallest absolute Gasteiger partial charge is 0.290 e. The van der Waals surface area contributed by atoms with Gasteiger partial charge in [0.05, 0.1) is 0 Å². The average Bonchev–Trinajstić information content (AvgIpc) is 2.67. The highest BCUT2D eigenvalue weighted by atomic mass is 79.9. The van der Waals surface area contributed by atoms with Crippen molar-refractivity contribution in [3.8, 4) is 0 Å². The SMILES string of the molecule is O=c1[nH]ccnc1N1CCC(CBr)C1. The Bertz CT molecular complexity index is 365. The molecular formula is C9H12BrN3O. The molecule has 0 bridgehead atoms. The van der Waals surface area contributed by atoms with Gasteiger partial charge in [-0.05, 0) is 12.3 Å². The van der Waals surface area contributed by atoms with Crippen molar-refractivity contribution < 1.29 is 0 Å². The van der Waals surface area contributed by atoms with Crippen LogP contribution in [0, 0.1) is 5.92 Å². The number of hydrogen-bond donors (Lipinski definition) is 1. The van der Waals surface area contributed by atoms with E-state index in [2.05, 4.69) is 25.9 Å². The molecule has 1 atom stereocenters. The first-order chi connectivity index (χ1) is 6.81. The van der Waals surface area contributed by atoms with Gasteiger partial charge in [-0.3, -0.25) is 4.79 Å². The van der Waals surface area contributed by atoms with E-state index in [1.165, 1.54) is 0 Å². The first-order valence-electron chi connectivity index (χ1n) is 4.66. The Morgan fingerprint density at radius 2 is 2.57 bits per heavy atom. The van der Waals surface area contributed by atoms with Crippen LogP contribution < -0.4 is 10.5 Å². The van der Waals surface area contributed by atoms with Gasteiger partial charge in [0.25, 0.3) is 5.56 Å². The lowest BCUT2D eigenvalue weighted by Gasteiger charge is -2.15. The minimum atomic E-state index is -0.0947. The molecule has 1 fully saturated rings. The number of H-pyrrole nitrogens is 1. The Balaban J connectivity index is 2.18. The molecule has 0 aliphatic carbocycles. The molecule has 0 aromatic carbocycles. The van der Waals surface area contributed by atoms with E-state index in [0.29, 0.717) is 11.7 Å². The van der Waals surface area contributed by atoms with Crippen LogP contribution in [-0.2, 0) is 0 Å². The van der Waals surface area contributed by atoms with E-state index in [1.807, 2.05) is 4.90 Å². The zero-order valence-corrected chi connectivity index (χ0v) is 9.33. The fourth-order valence-corrected chi connectivity index (χ4v) is 2.25. The first kappa shape index (κ1) is 9.71. The van der Waals surface area contributed by atoms with Gasteiger partial charge in [0.2, 0.25) is 0 Å². The van der Waals surface area contributed by atoms with Crippen LogP contribution in [0.1, 0.15) is 6.42 Å². The van der Waals surface area contributed by atoms with Crippen molar-refractivity contribution in [2.45, 2.75) is 6.42 Å². The standard InChI is InChI=1S/C9H12BrN3O/c10-5-7-1-4-13(6-7)8-9(14)12-3-2-11-8/h2-3,7H,1,4-6H2,(H,12,14). The summed E-state index contributed by atoms with van der Waals surface area (Å²) in [5.74, 6) is 1.19. The van der Waals surface area contributed by atoms with E-state index in [4.69, 9.17) is 0 Å². The molecule has 1 aliphatic heterocycles. The van der Waals surface area contributed by atoms with E-state index in [-0.39, 0.29) is 5.56 Å². The molecule has 76 valence electrons. The van der Waals surface area contributed by atoms with Gasteiger partial charge < -0.3 is 9.88 Å². The van der Waals surface area contributed by atoms with Crippen molar-refractivity contribution in [3.63, 3.8) is 0 Å². The summed E-state index contributed by atoms with van der Waals surface area (Å²) in [6.45, 7) is 1.85. The van der Waals surface area contributed by atoms with Crippen LogP contribution in [0.2, 0.25) is 0 Å². The number of rotatable bonds is 2. The first-order valence-corrected chi connectivity index (χ1v) is 5.78. The lowest BCUT2D eigenvalue weighted by Crippen LogP contribution is -2.28. The zero-order valence-electron chi connectivity index (χ0n) is 7.74. The second kappa shape index (κ2) is 4.13. The van der Waals surface area contributed by atoms with Gasteiger partial charge >= 0.3 is 0 Å². The van der Waals surface area contributed by atoms with Crippen molar-refractivity contribution in [3.05, 3.63) is 22.7 Å². The summed E-state index contributed by atoms with van der Waals surface area (Å²) in [4.78, 5) is 20.2. The molecule has 1 unspecified atom stereocenters. The van der Waals surface area contributed by atoms with Crippen LogP contribution in [0.3, 0.4) is 0 Å². The largest absolute Gasteiger partial charge is 0.352 e. The second-order valence-electron chi connectivity index (χ2n) is 3.50. The third-order valence-electron chi connectivity index (χ3n) is 2.49. The Morgan fingerprint density at radius 3 is 3.21 bits per heavy atom. The normalized spacial score (nSPS) is 21.5. The van der Waals surface area contributed by atoms with E-state index in [9.17, 15) is 4.79 Å². The van der Waals surface area contributed by atoms with Gasteiger partial charge in [0.1, 0.15) is 0 Å². The second-order valence-corrected chi connectivity index (χ2v) is 4.14. The van der Waals surface area contributed by atoms with Gasteiger partial charge in [0.15, 0.2) is 5.82 Å². The van der Waals surface area contributed by atoms with Gasteiger partial charge in [0, 0.05) is 30.8 Å². The molecule has 2 rings (SSSR count). The van der Waals surface area contributed by atoms with Crippen LogP contribution >= 0.6 is 15.9 Å². The summed E-state index contributed by atoms with van der Waals surface area (Å²) < 4.78 is 0. The van der Waals surface area contributed by atoms with E-state index in [1.54, 1.807) is 12.4 Å². The van der Waals surface area contributed by atoms with Crippen molar-refractivity contribution in [2.24, 2.45) is 5.92 Å². The fraction of sp³-hybridized carbons (Fsp3) is 0.556. The molecule has 1 aromatic heterocycles. The monoisotopic (exact) mass is 257 g/mol. The average molecular weight is 258 g/mol. The maximum absolute atomic E-state index is 11.4. The van der Waals surface area contributed by atoms with Crippen LogP contribution in [0.25, 0.3) is 0 Å². The lowest BCUT2D eigenvalue weighted by atomic mass is 10.2. The number of hydrogen-bond acceptors (Lipinski definition) is 3. The van der Waals surface area contributed by atoms with E-state index < -0.39 is 0 Å². The van der Waals surface area contributed by atoms with Gasteiger partial charge in [-0.2, -0.15) is 0 Å². The lowest BCUT2D eigenvalue weighted by molar-refractivity contribution is 0.675. The maximum atomic E-state index is 11.4. The molecule has 1 aromatic rings. The highest BCUT2D eigenvalue weighted by molar-refractivity contribution is 9.09. The minimum absolute atomic E-state index is 0.0947. The summed E-state index contributed by atoms with van der Waals surface area (Å²) in [5, 5.41) is 0.994. The van der Waals surface area contributed by atoms with Gasteiger partial charge in [-0.25, -0.2) is 4.98 Å². The summed E-state index contributed by atoms with van der Waals surface area (Å²) in [7, 11) is 0.